The van der Waals surface area contributed by atoms with E-state index < -0.39 is 11.0 Å². The summed E-state index contributed by atoms with van der Waals surface area (Å²) in [5, 5.41) is 0. The molecule has 0 amide bonds. The number of rotatable bonds is 4. The van der Waals surface area contributed by atoms with Gasteiger partial charge in [-0.1, -0.05) is 6.58 Å². The number of hydrogen-bond donors (Lipinski definition) is 0. The Morgan fingerprint density at radius 1 is 1.12 bits per heavy atom. The van der Waals surface area contributed by atoms with Crippen molar-refractivity contribution in [2.45, 2.75) is 53.6 Å². The monoisotopic (exact) mass is 226 g/mol. The molecule has 0 fully saturated rings. The van der Waals surface area contributed by atoms with Gasteiger partial charge in [0.05, 0.1) is 5.41 Å². The SMILES string of the molecule is C=C(C)C(=O)CC(C)(C)C(=O)OC(C)(C)C. The zero-order chi connectivity index (χ0) is 13.1. The van der Waals surface area contributed by atoms with Gasteiger partial charge < -0.3 is 4.74 Å². The fourth-order valence-electron chi connectivity index (χ4n) is 1.04. The molecule has 0 radical (unpaired) electrons. The number of ketones is 1. The highest BCUT2D eigenvalue weighted by atomic mass is 16.6. The smallest absolute Gasteiger partial charge is 0.312 e. The third-order valence-corrected chi connectivity index (χ3v) is 2.03. The van der Waals surface area contributed by atoms with Crippen LogP contribution < -0.4 is 0 Å². The third-order valence-electron chi connectivity index (χ3n) is 2.03. The molecule has 0 heterocycles. The summed E-state index contributed by atoms with van der Waals surface area (Å²) in [5.74, 6) is -0.453. The van der Waals surface area contributed by atoms with E-state index in [1.807, 2.05) is 20.8 Å². The molecule has 0 aliphatic rings. The zero-order valence-electron chi connectivity index (χ0n) is 11.1. The maximum atomic E-state index is 11.8. The summed E-state index contributed by atoms with van der Waals surface area (Å²) >= 11 is 0. The highest BCUT2D eigenvalue weighted by Crippen LogP contribution is 2.26. The summed E-state index contributed by atoms with van der Waals surface area (Å²) in [6.45, 7) is 14.1. The second-order valence-electron chi connectivity index (χ2n) is 5.77. The fourth-order valence-corrected chi connectivity index (χ4v) is 1.04. The summed E-state index contributed by atoms with van der Waals surface area (Å²) in [5.41, 5.74) is -0.860. The summed E-state index contributed by atoms with van der Waals surface area (Å²) in [4.78, 5) is 23.4. The molecular formula is C13H22O3. The lowest BCUT2D eigenvalue weighted by molar-refractivity contribution is -0.166. The van der Waals surface area contributed by atoms with Gasteiger partial charge in [-0.15, -0.1) is 0 Å². The minimum atomic E-state index is -0.802. The minimum Gasteiger partial charge on any atom is -0.460 e. The van der Waals surface area contributed by atoms with Crippen LogP contribution in [0.2, 0.25) is 0 Å². The van der Waals surface area contributed by atoms with Crippen molar-refractivity contribution in [2.24, 2.45) is 5.41 Å². The van der Waals surface area contributed by atoms with Crippen LogP contribution in [0.5, 0.6) is 0 Å². The number of carbonyl (C=O) groups excluding carboxylic acids is 2. The Morgan fingerprint density at radius 3 is 1.88 bits per heavy atom. The average Bonchev–Trinajstić information content (AvgIpc) is 1.99. The molecule has 92 valence electrons. The van der Waals surface area contributed by atoms with Gasteiger partial charge in [-0.3, -0.25) is 9.59 Å². The number of carbonyl (C=O) groups is 2. The van der Waals surface area contributed by atoms with Crippen LogP contribution in [0.1, 0.15) is 48.0 Å². The summed E-state index contributed by atoms with van der Waals surface area (Å²) in [6.07, 6.45) is 0.136. The summed E-state index contributed by atoms with van der Waals surface area (Å²) < 4.78 is 5.26. The van der Waals surface area contributed by atoms with Gasteiger partial charge >= 0.3 is 5.97 Å². The van der Waals surface area contributed by atoms with Crippen LogP contribution in [0, 0.1) is 5.41 Å². The standard InChI is InChI=1S/C13H22O3/c1-9(2)10(14)8-13(6,7)11(15)16-12(3,4)5/h1,8H2,2-7H3. The van der Waals surface area contributed by atoms with Crippen molar-refractivity contribution >= 4 is 11.8 Å². The van der Waals surface area contributed by atoms with Crippen LogP contribution in [-0.4, -0.2) is 17.4 Å². The van der Waals surface area contributed by atoms with Crippen molar-refractivity contribution in [3.8, 4) is 0 Å². The minimum absolute atomic E-state index is 0.101. The molecule has 0 aromatic heterocycles. The van der Waals surface area contributed by atoms with E-state index in [1.54, 1.807) is 20.8 Å². The van der Waals surface area contributed by atoms with Crippen LogP contribution in [0.25, 0.3) is 0 Å². The highest BCUT2D eigenvalue weighted by Gasteiger charge is 2.34. The summed E-state index contributed by atoms with van der Waals surface area (Å²) in [7, 11) is 0. The Morgan fingerprint density at radius 2 is 1.56 bits per heavy atom. The quantitative estimate of drug-likeness (QED) is 0.547. The predicted octanol–water partition coefficient (Wildman–Crippen LogP) is 2.89. The summed E-state index contributed by atoms with van der Waals surface area (Å²) in [6, 6.07) is 0. The lowest BCUT2D eigenvalue weighted by Gasteiger charge is -2.28. The molecule has 0 aromatic carbocycles. The van der Waals surface area contributed by atoms with Crippen molar-refractivity contribution in [1.82, 2.24) is 0 Å². The van der Waals surface area contributed by atoms with E-state index in [0.717, 1.165) is 0 Å². The maximum absolute atomic E-state index is 11.8. The van der Waals surface area contributed by atoms with E-state index in [9.17, 15) is 9.59 Å². The van der Waals surface area contributed by atoms with Crippen molar-refractivity contribution < 1.29 is 14.3 Å². The van der Waals surface area contributed by atoms with Gasteiger partial charge in [-0.2, -0.15) is 0 Å². The Balaban J connectivity index is 4.61. The Hall–Kier alpha value is -1.12. The first-order chi connectivity index (χ1) is 6.96. The van der Waals surface area contributed by atoms with Crippen molar-refractivity contribution in [3.63, 3.8) is 0 Å². The molecule has 0 rings (SSSR count). The van der Waals surface area contributed by atoms with E-state index in [0.29, 0.717) is 5.57 Å². The molecular weight excluding hydrogens is 204 g/mol. The molecule has 0 spiro atoms. The zero-order valence-corrected chi connectivity index (χ0v) is 11.1. The normalized spacial score (nSPS) is 12.1. The van der Waals surface area contributed by atoms with Crippen LogP contribution in [0.4, 0.5) is 0 Å². The molecule has 0 aromatic rings. The molecule has 0 saturated heterocycles. The predicted molar refractivity (Wildman–Crippen MR) is 64.1 cm³/mol. The van der Waals surface area contributed by atoms with Crippen molar-refractivity contribution in [2.75, 3.05) is 0 Å². The van der Waals surface area contributed by atoms with Crippen LogP contribution in [0.3, 0.4) is 0 Å². The molecule has 16 heavy (non-hydrogen) atoms. The van der Waals surface area contributed by atoms with E-state index >= 15 is 0 Å². The average molecular weight is 226 g/mol. The molecule has 3 heteroatoms. The van der Waals surface area contributed by atoms with Gasteiger partial charge in [-0.25, -0.2) is 0 Å². The Labute approximate surface area is 97.9 Å². The van der Waals surface area contributed by atoms with Gasteiger partial charge in [0.1, 0.15) is 5.60 Å². The second kappa shape index (κ2) is 4.81. The Bertz CT molecular complexity index is 306. The number of hydrogen-bond acceptors (Lipinski definition) is 3. The maximum Gasteiger partial charge on any atom is 0.312 e. The van der Waals surface area contributed by atoms with Crippen molar-refractivity contribution in [1.29, 1.82) is 0 Å². The molecule has 0 bridgehead atoms. The van der Waals surface area contributed by atoms with Gasteiger partial charge in [0.2, 0.25) is 0 Å². The van der Waals surface area contributed by atoms with Gasteiger partial charge in [0.25, 0.3) is 0 Å². The lowest BCUT2D eigenvalue weighted by Crippen LogP contribution is -2.35. The number of Topliss-reactive ketones (excluding diaryl/α,β-unsaturated/α-hetero) is 1. The molecule has 0 saturated carbocycles. The molecule has 3 nitrogen and oxygen atoms in total. The van der Waals surface area contributed by atoms with Gasteiger partial charge in [0, 0.05) is 6.42 Å². The van der Waals surface area contributed by atoms with E-state index in [1.165, 1.54) is 0 Å². The first kappa shape index (κ1) is 14.9. The van der Waals surface area contributed by atoms with Crippen LogP contribution >= 0.6 is 0 Å². The number of allylic oxidation sites excluding steroid dienone is 1. The van der Waals surface area contributed by atoms with E-state index in [2.05, 4.69) is 6.58 Å². The first-order valence-corrected chi connectivity index (χ1v) is 5.38. The highest BCUT2D eigenvalue weighted by molar-refractivity contribution is 5.97. The second-order valence-corrected chi connectivity index (χ2v) is 5.77. The van der Waals surface area contributed by atoms with Crippen molar-refractivity contribution in [3.05, 3.63) is 12.2 Å². The molecule has 0 unspecified atom stereocenters. The molecule has 0 aliphatic heterocycles. The largest absolute Gasteiger partial charge is 0.460 e. The van der Waals surface area contributed by atoms with E-state index in [-0.39, 0.29) is 18.2 Å². The molecule has 0 N–H and O–H groups in total. The first-order valence-electron chi connectivity index (χ1n) is 5.38. The van der Waals surface area contributed by atoms with Gasteiger partial charge in [0.15, 0.2) is 5.78 Å². The Kier molecular flexibility index (Phi) is 4.47. The lowest BCUT2D eigenvalue weighted by atomic mass is 9.86. The topological polar surface area (TPSA) is 43.4 Å². The van der Waals surface area contributed by atoms with E-state index in [4.69, 9.17) is 4.74 Å². The van der Waals surface area contributed by atoms with Crippen LogP contribution in [0.15, 0.2) is 12.2 Å². The fraction of sp³-hybridized carbons (Fsp3) is 0.692. The molecule has 0 atom stereocenters. The number of esters is 1. The van der Waals surface area contributed by atoms with Crippen LogP contribution in [-0.2, 0) is 14.3 Å². The number of ether oxygens (including phenoxy) is 1. The third kappa shape index (κ3) is 5.10. The molecule has 0 aliphatic carbocycles. The van der Waals surface area contributed by atoms with Gasteiger partial charge in [-0.05, 0) is 47.1 Å².